The Morgan fingerprint density at radius 3 is 2.14 bits per heavy atom. The molecule has 1 aromatic carbocycles. The number of guanidine groups is 1. The van der Waals surface area contributed by atoms with Crippen LogP contribution in [0.25, 0.3) is 0 Å². The number of aryl methyl sites for hydroxylation is 4. The predicted molar refractivity (Wildman–Crippen MR) is 120 cm³/mol. The Kier molecular flexibility index (Phi) is 6.57. The summed E-state index contributed by atoms with van der Waals surface area (Å²) in [5.74, 6) is 1.11. The van der Waals surface area contributed by atoms with Gasteiger partial charge in [0.25, 0.3) is 0 Å². The number of nitrogens with zero attached hydrogens (tertiary/aromatic N) is 3. The first-order valence-electron chi connectivity index (χ1n) is 9.71. The second-order valence-electron chi connectivity index (χ2n) is 7.47. The molecule has 1 aromatic heterocycles. The maximum Gasteiger partial charge on any atom is 0.229 e. The molecule has 0 unspecified atom stereocenters. The molecule has 0 spiro atoms. The summed E-state index contributed by atoms with van der Waals surface area (Å²) in [7, 11) is 0. The van der Waals surface area contributed by atoms with Crippen LogP contribution in [0.15, 0.2) is 29.3 Å². The van der Waals surface area contributed by atoms with E-state index in [-0.39, 0.29) is 0 Å². The smallest absolute Gasteiger partial charge is 0.229 e. The zero-order valence-corrected chi connectivity index (χ0v) is 17.8. The molecule has 7 heteroatoms. The van der Waals surface area contributed by atoms with Gasteiger partial charge in [-0.3, -0.25) is 5.32 Å². The third kappa shape index (κ3) is 5.99. The number of hydrogen-bond acceptors (Lipinski definition) is 4. The maximum absolute atomic E-state index is 5.52. The molecule has 1 aliphatic rings. The van der Waals surface area contributed by atoms with Gasteiger partial charge in [-0.2, -0.15) is 0 Å². The Morgan fingerprint density at radius 2 is 1.54 bits per heavy atom. The van der Waals surface area contributed by atoms with E-state index in [9.17, 15) is 0 Å². The number of benzene rings is 1. The average Bonchev–Trinajstić information content (AvgIpc) is 3.05. The molecule has 2 aromatic rings. The molecule has 0 amide bonds. The van der Waals surface area contributed by atoms with Gasteiger partial charge >= 0.3 is 0 Å². The fourth-order valence-corrected chi connectivity index (χ4v) is 3.73. The summed E-state index contributed by atoms with van der Waals surface area (Å²) in [6.45, 7) is 8.04. The Balaban J connectivity index is 1.75. The third-order valence-corrected chi connectivity index (χ3v) is 4.76. The monoisotopic (exact) mass is 396 g/mol. The molecule has 1 saturated carbocycles. The molecular weight excluding hydrogens is 368 g/mol. The van der Waals surface area contributed by atoms with Crippen LogP contribution in [0.5, 0.6) is 0 Å². The molecule has 148 valence electrons. The van der Waals surface area contributed by atoms with Gasteiger partial charge in [0.2, 0.25) is 11.9 Å². The first-order chi connectivity index (χ1) is 13.4. The first-order valence-corrected chi connectivity index (χ1v) is 10.1. The fraction of sp³-hybridized carbons (Fsp3) is 0.429. The van der Waals surface area contributed by atoms with Crippen molar-refractivity contribution in [3.8, 4) is 0 Å². The van der Waals surface area contributed by atoms with Crippen molar-refractivity contribution in [1.82, 2.24) is 15.3 Å². The lowest BCUT2D eigenvalue weighted by Crippen LogP contribution is -2.40. The number of anilines is 2. The van der Waals surface area contributed by atoms with E-state index in [1.165, 1.54) is 24.0 Å². The lowest BCUT2D eigenvalue weighted by atomic mass is 10.1. The van der Waals surface area contributed by atoms with Crippen molar-refractivity contribution in [3.63, 3.8) is 0 Å². The highest BCUT2D eigenvalue weighted by molar-refractivity contribution is 7.80. The Bertz CT molecular complexity index is 846. The standard InChI is InChI=1S/C21H28N6S/c1-13-9-14(2)11-18(10-13)25-21(28)27-20(24-17-7-5-6-8-17)26-19-22-15(3)12-16(4)23-19/h9-12,17H,5-8H2,1-4H3,(H3,22,23,24,25,26,27,28). The van der Waals surface area contributed by atoms with Crippen molar-refractivity contribution < 1.29 is 0 Å². The van der Waals surface area contributed by atoms with E-state index in [1.807, 2.05) is 19.9 Å². The largest absolute Gasteiger partial charge is 0.332 e. The van der Waals surface area contributed by atoms with Crippen LogP contribution in [-0.2, 0) is 0 Å². The van der Waals surface area contributed by atoms with E-state index in [0.29, 0.717) is 23.1 Å². The Labute approximate surface area is 172 Å². The molecule has 6 nitrogen and oxygen atoms in total. The van der Waals surface area contributed by atoms with Crippen LogP contribution in [0.1, 0.15) is 48.2 Å². The predicted octanol–water partition coefficient (Wildman–Crippen LogP) is 4.41. The molecule has 0 radical (unpaired) electrons. The van der Waals surface area contributed by atoms with Gasteiger partial charge in [0.1, 0.15) is 0 Å². The van der Waals surface area contributed by atoms with Crippen LogP contribution < -0.4 is 16.0 Å². The summed E-state index contributed by atoms with van der Waals surface area (Å²) < 4.78 is 0. The average molecular weight is 397 g/mol. The van der Waals surface area contributed by atoms with Crippen LogP contribution in [-0.4, -0.2) is 27.1 Å². The first kappa shape index (κ1) is 20.2. The number of aromatic nitrogens is 2. The summed E-state index contributed by atoms with van der Waals surface area (Å²) >= 11 is 5.52. The number of hydrogen-bond donors (Lipinski definition) is 3. The van der Waals surface area contributed by atoms with Crippen LogP contribution in [0, 0.1) is 27.7 Å². The molecule has 0 saturated heterocycles. The van der Waals surface area contributed by atoms with Gasteiger partial charge in [-0.15, -0.1) is 0 Å². The molecule has 1 fully saturated rings. The van der Waals surface area contributed by atoms with Crippen molar-refractivity contribution in [1.29, 1.82) is 0 Å². The lowest BCUT2D eigenvalue weighted by molar-refractivity contribution is 0.703. The van der Waals surface area contributed by atoms with E-state index in [4.69, 9.17) is 17.2 Å². The van der Waals surface area contributed by atoms with E-state index in [2.05, 4.69) is 58.0 Å². The molecule has 0 aliphatic heterocycles. The van der Waals surface area contributed by atoms with E-state index in [0.717, 1.165) is 29.9 Å². The topological polar surface area (TPSA) is 74.2 Å². The van der Waals surface area contributed by atoms with Crippen LogP contribution in [0.3, 0.4) is 0 Å². The molecular formula is C21H28N6S. The number of thiocarbonyl (C=S) groups is 1. The van der Waals surface area contributed by atoms with Gasteiger partial charge in [-0.1, -0.05) is 18.9 Å². The third-order valence-electron chi connectivity index (χ3n) is 4.56. The van der Waals surface area contributed by atoms with Gasteiger partial charge in [0.05, 0.1) is 6.04 Å². The quantitative estimate of drug-likeness (QED) is 0.405. The van der Waals surface area contributed by atoms with Gasteiger partial charge in [-0.25, -0.2) is 15.0 Å². The summed E-state index contributed by atoms with van der Waals surface area (Å²) in [6, 6.07) is 8.50. The van der Waals surface area contributed by atoms with Crippen LogP contribution in [0.4, 0.5) is 11.6 Å². The zero-order valence-electron chi connectivity index (χ0n) is 17.0. The molecule has 1 aliphatic carbocycles. The van der Waals surface area contributed by atoms with E-state index < -0.39 is 0 Å². The summed E-state index contributed by atoms with van der Waals surface area (Å²) in [5.41, 5.74) is 5.15. The molecule has 0 bridgehead atoms. The second kappa shape index (κ2) is 9.10. The minimum atomic E-state index is 0.296. The van der Waals surface area contributed by atoms with Gasteiger partial charge in [-0.05, 0) is 82.1 Å². The van der Waals surface area contributed by atoms with Crippen molar-refractivity contribution >= 4 is 34.9 Å². The van der Waals surface area contributed by atoms with Crippen LogP contribution in [0.2, 0.25) is 0 Å². The van der Waals surface area contributed by atoms with Gasteiger partial charge in [0, 0.05) is 17.1 Å². The molecule has 0 atom stereocenters. The summed E-state index contributed by atoms with van der Waals surface area (Å²) in [5, 5.41) is 10.1. The second-order valence-corrected chi connectivity index (χ2v) is 7.88. The highest BCUT2D eigenvalue weighted by Gasteiger charge is 2.16. The van der Waals surface area contributed by atoms with Gasteiger partial charge in [0.15, 0.2) is 5.11 Å². The van der Waals surface area contributed by atoms with Crippen molar-refractivity contribution in [2.24, 2.45) is 4.99 Å². The SMILES string of the molecule is Cc1cc(C)cc(NC(=S)NC(=NC2CCCC2)Nc2nc(C)cc(C)n2)c1. The molecule has 28 heavy (non-hydrogen) atoms. The highest BCUT2D eigenvalue weighted by atomic mass is 32.1. The van der Waals surface area contributed by atoms with Crippen molar-refractivity contribution in [2.45, 2.75) is 59.4 Å². The molecule has 3 rings (SSSR count). The van der Waals surface area contributed by atoms with E-state index in [1.54, 1.807) is 0 Å². The summed E-state index contributed by atoms with van der Waals surface area (Å²) in [4.78, 5) is 13.7. The van der Waals surface area contributed by atoms with Crippen molar-refractivity contribution in [2.75, 3.05) is 10.6 Å². The van der Waals surface area contributed by atoms with Crippen molar-refractivity contribution in [3.05, 3.63) is 46.8 Å². The number of rotatable bonds is 3. The Morgan fingerprint density at radius 1 is 0.929 bits per heavy atom. The molecule has 1 heterocycles. The van der Waals surface area contributed by atoms with Gasteiger partial charge < -0.3 is 10.6 Å². The number of aliphatic imine (C=N–C) groups is 1. The highest BCUT2D eigenvalue weighted by Crippen LogP contribution is 2.21. The minimum Gasteiger partial charge on any atom is -0.332 e. The Hall–Kier alpha value is -2.54. The maximum atomic E-state index is 5.52. The minimum absolute atomic E-state index is 0.296. The number of nitrogens with one attached hydrogen (secondary N) is 3. The fourth-order valence-electron chi connectivity index (χ4n) is 3.52. The summed E-state index contributed by atoms with van der Waals surface area (Å²) in [6.07, 6.45) is 4.62. The lowest BCUT2D eigenvalue weighted by Gasteiger charge is -2.16. The zero-order chi connectivity index (χ0) is 20.1. The van der Waals surface area contributed by atoms with E-state index >= 15 is 0 Å². The normalized spacial score (nSPS) is 14.8. The van der Waals surface area contributed by atoms with Crippen LogP contribution >= 0.6 is 12.2 Å². The molecule has 3 N–H and O–H groups in total.